The van der Waals surface area contributed by atoms with E-state index in [2.05, 4.69) is 16.9 Å². The van der Waals surface area contributed by atoms with Crippen molar-refractivity contribution >= 4 is 21.6 Å². The zero-order valence-electron chi connectivity index (χ0n) is 16.6. The molecule has 0 atom stereocenters. The van der Waals surface area contributed by atoms with E-state index >= 15 is 0 Å². The van der Waals surface area contributed by atoms with Crippen molar-refractivity contribution < 1.29 is 17.9 Å². The van der Waals surface area contributed by atoms with Gasteiger partial charge in [-0.1, -0.05) is 36.4 Å². The van der Waals surface area contributed by atoms with E-state index in [1.807, 2.05) is 18.2 Å². The lowest BCUT2D eigenvalue weighted by atomic mass is 10.1. The first-order chi connectivity index (χ1) is 13.3. The van der Waals surface area contributed by atoms with E-state index in [1.54, 1.807) is 37.1 Å². The maximum Gasteiger partial charge on any atom is 0.254 e. The standard InChI is InChI=1S/C21H28N2O4S/c1-17-11-12-19(16-20(17)22-28(3,25)26)21(24)23(14-15-27-2)13-7-10-18-8-5-4-6-9-18/h4-6,8-9,11-12,16,22H,7,10,13-15H2,1-3H3. The Balaban J connectivity index is 2.11. The smallest absolute Gasteiger partial charge is 0.254 e. The molecule has 2 aromatic rings. The van der Waals surface area contributed by atoms with Gasteiger partial charge in [0.1, 0.15) is 0 Å². The SMILES string of the molecule is COCCN(CCCc1ccccc1)C(=O)c1ccc(C)c(NS(C)(=O)=O)c1. The summed E-state index contributed by atoms with van der Waals surface area (Å²) in [7, 11) is -1.81. The number of carbonyl (C=O) groups excluding carboxylic acids is 1. The largest absolute Gasteiger partial charge is 0.383 e. The third-order valence-corrected chi connectivity index (χ3v) is 4.96. The van der Waals surface area contributed by atoms with Crippen LogP contribution in [0.4, 0.5) is 5.69 Å². The summed E-state index contributed by atoms with van der Waals surface area (Å²) in [5.41, 5.74) is 2.86. The number of anilines is 1. The van der Waals surface area contributed by atoms with Crippen molar-refractivity contribution in [3.63, 3.8) is 0 Å². The topological polar surface area (TPSA) is 75.7 Å². The molecule has 0 radical (unpaired) electrons. The third-order valence-electron chi connectivity index (χ3n) is 4.37. The highest BCUT2D eigenvalue weighted by Crippen LogP contribution is 2.19. The lowest BCUT2D eigenvalue weighted by Crippen LogP contribution is -2.35. The summed E-state index contributed by atoms with van der Waals surface area (Å²) in [6.07, 6.45) is 2.81. The van der Waals surface area contributed by atoms with Gasteiger partial charge in [-0.2, -0.15) is 0 Å². The fourth-order valence-electron chi connectivity index (χ4n) is 2.88. The highest BCUT2D eigenvalue weighted by molar-refractivity contribution is 7.92. The molecule has 0 saturated heterocycles. The molecule has 152 valence electrons. The minimum Gasteiger partial charge on any atom is -0.383 e. The second kappa shape index (κ2) is 10.2. The van der Waals surface area contributed by atoms with Gasteiger partial charge in [-0.3, -0.25) is 9.52 Å². The average Bonchev–Trinajstić information content (AvgIpc) is 2.65. The number of hydrogen-bond acceptors (Lipinski definition) is 4. The van der Waals surface area contributed by atoms with Crippen molar-refractivity contribution in [1.82, 2.24) is 4.90 Å². The Hall–Kier alpha value is -2.38. The van der Waals surface area contributed by atoms with Crippen molar-refractivity contribution in [2.24, 2.45) is 0 Å². The molecule has 0 bridgehead atoms. The molecule has 6 nitrogen and oxygen atoms in total. The normalized spacial score (nSPS) is 11.2. The zero-order valence-corrected chi connectivity index (χ0v) is 17.5. The van der Waals surface area contributed by atoms with Gasteiger partial charge >= 0.3 is 0 Å². The maximum absolute atomic E-state index is 13.0. The van der Waals surface area contributed by atoms with Gasteiger partial charge in [0, 0.05) is 25.8 Å². The lowest BCUT2D eigenvalue weighted by molar-refractivity contribution is 0.0693. The van der Waals surface area contributed by atoms with Crippen LogP contribution >= 0.6 is 0 Å². The summed E-state index contributed by atoms with van der Waals surface area (Å²) in [6.45, 7) is 3.31. The number of hydrogen-bond donors (Lipinski definition) is 1. The number of rotatable bonds is 10. The fraction of sp³-hybridized carbons (Fsp3) is 0.381. The molecule has 0 fully saturated rings. The molecule has 0 aromatic heterocycles. The number of methoxy groups -OCH3 is 1. The molecule has 2 aromatic carbocycles. The molecule has 28 heavy (non-hydrogen) atoms. The second-order valence-corrected chi connectivity index (χ2v) is 8.53. The number of nitrogens with zero attached hydrogens (tertiary/aromatic N) is 1. The highest BCUT2D eigenvalue weighted by atomic mass is 32.2. The van der Waals surface area contributed by atoms with Crippen molar-refractivity contribution in [2.45, 2.75) is 19.8 Å². The molecule has 0 aliphatic rings. The van der Waals surface area contributed by atoms with Crippen LogP contribution in [-0.4, -0.2) is 52.3 Å². The summed E-state index contributed by atoms with van der Waals surface area (Å²) in [5, 5.41) is 0. The first-order valence-corrected chi connectivity index (χ1v) is 11.1. The quantitative estimate of drug-likeness (QED) is 0.660. The Morgan fingerprint density at radius 1 is 1.11 bits per heavy atom. The van der Waals surface area contributed by atoms with Gasteiger partial charge in [0.15, 0.2) is 0 Å². The van der Waals surface area contributed by atoms with Crippen LogP contribution in [0.25, 0.3) is 0 Å². The molecule has 2 rings (SSSR count). The van der Waals surface area contributed by atoms with E-state index in [0.29, 0.717) is 30.9 Å². The molecule has 1 amide bonds. The zero-order chi connectivity index (χ0) is 20.6. The third kappa shape index (κ3) is 6.98. The van der Waals surface area contributed by atoms with Crippen LogP contribution in [0, 0.1) is 6.92 Å². The number of nitrogens with one attached hydrogen (secondary N) is 1. The van der Waals surface area contributed by atoms with Crippen LogP contribution < -0.4 is 4.72 Å². The summed E-state index contributed by atoms with van der Waals surface area (Å²) in [4.78, 5) is 14.8. The molecule has 1 N–H and O–H groups in total. The summed E-state index contributed by atoms with van der Waals surface area (Å²) >= 11 is 0. The summed E-state index contributed by atoms with van der Waals surface area (Å²) < 4.78 is 30.7. The summed E-state index contributed by atoms with van der Waals surface area (Å²) in [5.74, 6) is -0.137. The van der Waals surface area contributed by atoms with Crippen LogP contribution in [0.1, 0.15) is 27.9 Å². The van der Waals surface area contributed by atoms with Crippen molar-refractivity contribution in [3.8, 4) is 0 Å². The summed E-state index contributed by atoms with van der Waals surface area (Å²) in [6, 6.07) is 15.2. The lowest BCUT2D eigenvalue weighted by Gasteiger charge is -2.23. The first-order valence-electron chi connectivity index (χ1n) is 9.21. The van der Waals surface area contributed by atoms with Gasteiger partial charge in [0.05, 0.1) is 18.6 Å². The predicted molar refractivity (Wildman–Crippen MR) is 112 cm³/mol. The number of aryl methyl sites for hydroxylation is 2. The molecule has 0 spiro atoms. The van der Waals surface area contributed by atoms with Crippen LogP contribution in [-0.2, 0) is 21.2 Å². The van der Waals surface area contributed by atoms with E-state index < -0.39 is 10.0 Å². The van der Waals surface area contributed by atoms with Gasteiger partial charge in [0.25, 0.3) is 5.91 Å². The van der Waals surface area contributed by atoms with E-state index in [4.69, 9.17) is 4.74 Å². The van der Waals surface area contributed by atoms with Crippen molar-refractivity contribution in [1.29, 1.82) is 0 Å². The number of carbonyl (C=O) groups is 1. The van der Waals surface area contributed by atoms with Crippen LogP contribution in [0.5, 0.6) is 0 Å². The van der Waals surface area contributed by atoms with E-state index in [9.17, 15) is 13.2 Å². The van der Waals surface area contributed by atoms with Gasteiger partial charge in [0.2, 0.25) is 10.0 Å². The number of sulfonamides is 1. The molecular formula is C21H28N2O4S. The van der Waals surface area contributed by atoms with Gasteiger partial charge in [-0.05, 0) is 43.0 Å². The van der Waals surface area contributed by atoms with Gasteiger partial charge in [-0.25, -0.2) is 8.42 Å². The molecule has 0 saturated carbocycles. The monoisotopic (exact) mass is 404 g/mol. The average molecular weight is 405 g/mol. The molecule has 0 aliphatic heterocycles. The molecule has 0 heterocycles. The molecule has 0 aliphatic carbocycles. The Bertz CT molecular complexity index is 883. The predicted octanol–water partition coefficient (Wildman–Crippen LogP) is 3.09. The van der Waals surface area contributed by atoms with E-state index in [1.165, 1.54) is 5.56 Å². The number of amides is 1. The molecule has 0 unspecified atom stereocenters. The fourth-order valence-corrected chi connectivity index (χ4v) is 3.50. The first kappa shape index (κ1) is 21.9. The number of benzene rings is 2. The molecular weight excluding hydrogens is 376 g/mol. The minimum absolute atomic E-state index is 0.137. The van der Waals surface area contributed by atoms with E-state index in [-0.39, 0.29) is 5.91 Å². The van der Waals surface area contributed by atoms with Gasteiger partial charge < -0.3 is 9.64 Å². The Kier molecular flexibility index (Phi) is 8.02. The van der Waals surface area contributed by atoms with E-state index in [0.717, 1.165) is 24.7 Å². The minimum atomic E-state index is -3.42. The number of ether oxygens (including phenoxy) is 1. The van der Waals surface area contributed by atoms with Gasteiger partial charge in [-0.15, -0.1) is 0 Å². The van der Waals surface area contributed by atoms with Crippen LogP contribution in [0.3, 0.4) is 0 Å². The Morgan fingerprint density at radius 3 is 2.46 bits per heavy atom. The highest BCUT2D eigenvalue weighted by Gasteiger charge is 2.17. The van der Waals surface area contributed by atoms with Crippen molar-refractivity contribution in [3.05, 3.63) is 65.2 Å². The molecule has 7 heteroatoms. The van der Waals surface area contributed by atoms with Crippen molar-refractivity contribution in [2.75, 3.05) is 37.8 Å². The Labute approximate surface area is 167 Å². The Morgan fingerprint density at radius 2 is 1.82 bits per heavy atom. The van der Waals surface area contributed by atoms with Crippen LogP contribution in [0.2, 0.25) is 0 Å². The van der Waals surface area contributed by atoms with Crippen LogP contribution in [0.15, 0.2) is 48.5 Å². The maximum atomic E-state index is 13.0. The second-order valence-electron chi connectivity index (χ2n) is 6.78.